The van der Waals surface area contributed by atoms with E-state index in [1.54, 1.807) is 0 Å². The van der Waals surface area contributed by atoms with Gasteiger partial charge in [0.2, 0.25) is 5.91 Å². The van der Waals surface area contributed by atoms with Crippen LogP contribution >= 0.6 is 0 Å². The van der Waals surface area contributed by atoms with E-state index < -0.39 is 0 Å². The Hall–Kier alpha value is -1.35. The van der Waals surface area contributed by atoms with Crippen LogP contribution in [-0.4, -0.2) is 37.0 Å². The minimum atomic E-state index is 0.264. The molecule has 0 aromatic heterocycles. The number of piperidine rings is 1. The third-order valence-electron chi connectivity index (χ3n) is 4.48. The zero-order chi connectivity index (χ0) is 14.7. The first-order chi connectivity index (χ1) is 9.51. The Balaban J connectivity index is 2.00. The summed E-state index contributed by atoms with van der Waals surface area (Å²) in [5.74, 6) is 0.788. The van der Waals surface area contributed by atoms with Crippen LogP contribution in [-0.2, 0) is 11.2 Å². The van der Waals surface area contributed by atoms with Crippen LogP contribution < -0.4 is 5.32 Å². The van der Waals surface area contributed by atoms with Crippen LogP contribution in [0.2, 0.25) is 0 Å². The van der Waals surface area contributed by atoms with Gasteiger partial charge in [0.15, 0.2) is 0 Å². The number of rotatable bonds is 3. The number of hydrogen-bond acceptors (Lipinski definition) is 2. The van der Waals surface area contributed by atoms with E-state index in [2.05, 4.69) is 44.3 Å². The predicted octanol–water partition coefficient (Wildman–Crippen LogP) is 2.30. The molecular formula is C17H26N2O. The first-order valence-electron chi connectivity index (χ1n) is 7.52. The molecule has 1 N–H and O–H groups in total. The third kappa shape index (κ3) is 3.40. The number of carbonyl (C=O) groups excluding carboxylic acids is 1. The highest BCUT2D eigenvalue weighted by atomic mass is 16.2. The molecule has 2 unspecified atom stereocenters. The number of benzene rings is 1. The molecule has 1 amide bonds. The Morgan fingerprint density at radius 3 is 2.80 bits per heavy atom. The van der Waals surface area contributed by atoms with Crippen molar-refractivity contribution in [3.63, 3.8) is 0 Å². The van der Waals surface area contributed by atoms with E-state index in [9.17, 15) is 4.79 Å². The highest BCUT2D eigenvalue weighted by molar-refractivity contribution is 5.79. The van der Waals surface area contributed by atoms with E-state index in [4.69, 9.17) is 0 Å². The number of nitrogens with one attached hydrogen (secondary N) is 1. The lowest BCUT2D eigenvalue weighted by molar-refractivity contribution is -0.132. The lowest BCUT2D eigenvalue weighted by atomic mass is 9.93. The van der Waals surface area contributed by atoms with Crippen LogP contribution in [0, 0.1) is 19.8 Å². The van der Waals surface area contributed by atoms with Gasteiger partial charge in [-0.05, 0) is 44.4 Å². The molecular weight excluding hydrogens is 248 g/mol. The van der Waals surface area contributed by atoms with Gasteiger partial charge in [0.25, 0.3) is 0 Å². The summed E-state index contributed by atoms with van der Waals surface area (Å²) in [6.45, 7) is 8.12. The molecule has 0 saturated carbocycles. The predicted molar refractivity (Wildman–Crippen MR) is 82.8 cm³/mol. The summed E-state index contributed by atoms with van der Waals surface area (Å²) in [5, 5.41) is 3.34. The van der Waals surface area contributed by atoms with Gasteiger partial charge in [-0.25, -0.2) is 0 Å². The van der Waals surface area contributed by atoms with Crippen molar-refractivity contribution in [3.05, 3.63) is 34.9 Å². The van der Waals surface area contributed by atoms with Crippen LogP contribution in [0.4, 0.5) is 0 Å². The first kappa shape index (κ1) is 15.0. The van der Waals surface area contributed by atoms with Gasteiger partial charge in [-0.1, -0.05) is 30.7 Å². The summed E-state index contributed by atoms with van der Waals surface area (Å²) >= 11 is 0. The number of carbonyl (C=O) groups is 1. The molecule has 3 heteroatoms. The number of amides is 1. The Morgan fingerprint density at radius 1 is 1.40 bits per heavy atom. The Bertz CT molecular complexity index is 484. The fourth-order valence-corrected chi connectivity index (χ4v) is 3.07. The molecule has 2 rings (SSSR count). The second-order valence-electron chi connectivity index (χ2n) is 6.11. The Labute approximate surface area is 122 Å². The van der Waals surface area contributed by atoms with Gasteiger partial charge in [0, 0.05) is 19.1 Å². The highest BCUT2D eigenvalue weighted by Crippen LogP contribution is 2.19. The second kappa shape index (κ2) is 6.40. The summed E-state index contributed by atoms with van der Waals surface area (Å²) < 4.78 is 0. The third-order valence-corrected chi connectivity index (χ3v) is 4.48. The van der Waals surface area contributed by atoms with Gasteiger partial charge in [-0.2, -0.15) is 0 Å². The van der Waals surface area contributed by atoms with Gasteiger partial charge in [0.1, 0.15) is 0 Å². The summed E-state index contributed by atoms with van der Waals surface area (Å²) in [6.07, 6.45) is 1.58. The molecule has 2 atom stereocenters. The maximum absolute atomic E-state index is 12.5. The number of likely N-dealkylation sites (tertiary alicyclic amines) is 1. The number of aryl methyl sites for hydroxylation is 2. The first-order valence-corrected chi connectivity index (χ1v) is 7.52. The molecule has 1 saturated heterocycles. The molecule has 0 spiro atoms. The highest BCUT2D eigenvalue weighted by Gasteiger charge is 2.27. The number of hydrogen-bond donors (Lipinski definition) is 1. The zero-order valence-corrected chi connectivity index (χ0v) is 13.1. The normalized spacial score (nSPS) is 22.9. The summed E-state index contributed by atoms with van der Waals surface area (Å²) in [6, 6.07) is 6.88. The van der Waals surface area contributed by atoms with Crippen molar-refractivity contribution in [1.82, 2.24) is 10.2 Å². The molecule has 20 heavy (non-hydrogen) atoms. The van der Waals surface area contributed by atoms with Crippen LogP contribution in [0.3, 0.4) is 0 Å². The van der Waals surface area contributed by atoms with Crippen LogP contribution in [0.25, 0.3) is 0 Å². The van der Waals surface area contributed by atoms with Crippen LogP contribution in [0.15, 0.2) is 18.2 Å². The van der Waals surface area contributed by atoms with Gasteiger partial charge in [0.05, 0.1) is 6.42 Å². The minimum absolute atomic E-state index is 0.264. The monoisotopic (exact) mass is 274 g/mol. The molecule has 0 aliphatic carbocycles. The topological polar surface area (TPSA) is 32.3 Å². The molecule has 3 nitrogen and oxygen atoms in total. The summed E-state index contributed by atoms with van der Waals surface area (Å²) in [4.78, 5) is 14.5. The molecule has 1 aromatic rings. The van der Waals surface area contributed by atoms with E-state index in [-0.39, 0.29) is 5.91 Å². The molecule has 1 aliphatic rings. The van der Waals surface area contributed by atoms with Crippen molar-refractivity contribution in [2.24, 2.45) is 5.92 Å². The van der Waals surface area contributed by atoms with Crippen molar-refractivity contribution >= 4 is 5.91 Å². The van der Waals surface area contributed by atoms with Crippen molar-refractivity contribution in [2.75, 3.05) is 20.1 Å². The lowest BCUT2D eigenvalue weighted by Crippen LogP contribution is -2.49. The molecule has 110 valence electrons. The quantitative estimate of drug-likeness (QED) is 0.917. The van der Waals surface area contributed by atoms with Crippen molar-refractivity contribution < 1.29 is 4.79 Å². The van der Waals surface area contributed by atoms with Crippen molar-refractivity contribution in [2.45, 2.75) is 39.7 Å². The fourth-order valence-electron chi connectivity index (χ4n) is 3.07. The van der Waals surface area contributed by atoms with E-state index >= 15 is 0 Å². The van der Waals surface area contributed by atoms with Crippen molar-refractivity contribution in [1.29, 1.82) is 0 Å². The number of nitrogens with zero attached hydrogens (tertiary/aromatic N) is 1. The molecule has 0 radical (unpaired) electrons. The van der Waals surface area contributed by atoms with E-state index in [1.807, 2.05) is 11.9 Å². The largest absolute Gasteiger partial charge is 0.342 e. The summed E-state index contributed by atoms with van der Waals surface area (Å²) in [7, 11) is 2.01. The molecule has 1 heterocycles. The van der Waals surface area contributed by atoms with E-state index in [0.717, 1.165) is 19.5 Å². The van der Waals surface area contributed by atoms with E-state index in [1.165, 1.54) is 16.7 Å². The molecule has 1 fully saturated rings. The molecule has 0 bridgehead atoms. The lowest BCUT2D eigenvalue weighted by Gasteiger charge is -2.37. The maximum atomic E-state index is 12.5. The van der Waals surface area contributed by atoms with E-state index in [0.29, 0.717) is 18.4 Å². The average Bonchev–Trinajstić information content (AvgIpc) is 2.42. The minimum Gasteiger partial charge on any atom is -0.342 e. The van der Waals surface area contributed by atoms with Gasteiger partial charge >= 0.3 is 0 Å². The fraction of sp³-hybridized carbons (Fsp3) is 0.588. The van der Waals surface area contributed by atoms with Gasteiger partial charge < -0.3 is 10.2 Å². The van der Waals surface area contributed by atoms with Crippen LogP contribution in [0.1, 0.15) is 30.0 Å². The maximum Gasteiger partial charge on any atom is 0.227 e. The van der Waals surface area contributed by atoms with Gasteiger partial charge in [-0.3, -0.25) is 4.79 Å². The summed E-state index contributed by atoms with van der Waals surface area (Å²) in [5.41, 5.74) is 3.60. The zero-order valence-electron chi connectivity index (χ0n) is 13.1. The Morgan fingerprint density at radius 2 is 2.15 bits per heavy atom. The van der Waals surface area contributed by atoms with Gasteiger partial charge in [-0.15, -0.1) is 0 Å². The average molecular weight is 274 g/mol. The molecule has 1 aromatic carbocycles. The molecule has 1 aliphatic heterocycles. The SMILES string of the molecule is CNC1CCN(C(=O)Cc2cc(C)ccc2C)CC1C. The Kier molecular flexibility index (Phi) is 4.81. The smallest absolute Gasteiger partial charge is 0.227 e. The standard InChI is InChI=1S/C17H26N2O/c1-12-5-6-13(2)15(9-12)10-17(20)19-8-7-16(18-4)14(3)11-19/h5-6,9,14,16,18H,7-8,10-11H2,1-4H3. The van der Waals surface area contributed by atoms with Crippen LogP contribution in [0.5, 0.6) is 0 Å². The van der Waals surface area contributed by atoms with Crippen molar-refractivity contribution in [3.8, 4) is 0 Å². The second-order valence-corrected chi connectivity index (χ2v) is 6.11.